The number of imidazole rings is 1. The van der Waals surface area contributed by atoms with Crippen molar-refractivity contribution in [3.05, 3.63) is 107 Å². The molecule has 59 heavy (non-hydrogen) atoms. The first-order chi connectivity index (χ1) is 28.6. The number of carbonyl (C=O) groups is 3. The zero-order valence-electron chi connectivity index (χ0n) is 34.6. The Labute approximate surface area is 344 Å². The van der Waals surface area contributed by atoms with Gasteiger partial charge in [-0.2, -0.15) is 0 Å². The second-order valence-corrected chi connectivity index (χ2v) is 15.2. The molecule has 0 saturated carbocycles. The second-order valence-electron chi connectivity index (χ2n) is 15.2. The molecule has 310 valence electrons. The third-order valence-corrected chi connectivity index (χ3v) is 12.0. The van der Waals surface area contributed by atoms with Crippen LogP contribution >= 0.6 is 0 Å². The fraction of sp³-hybridized carbons (Fsp3) is 0.391. The number of nitrogens with zero attached hydrogens (tertiary/aromatic N) is 4. The van der Waals surface area contributed by atoms with Crippen LogP contribution in [0.2, 0.25) is 0 Å². The van der Waals surface area contributed by atoms with E-state index in [1.54, 1.807) is 38.5 Å². The molecule has 2 saturated heterocycles. The van der Waals surface area contributed by atoms with Crippen molar-refractivity contribution in [1.82, 2.24) is 19.4 Å². The van der Waals surface area contributed by atoms with Crippen LogP contribution in [0, 0.1) is 5.92 Å². The third kappa shape index (κ3) is 8.29. The van der Waals surface area contributed by atoms with Crippen molar-refractivity contribution in [2.45, 2.75) is 37.6 Å². The minimum Gasteiger partial charge on any atom is -0.493 e. The number of rotatable bonds is 15. The van der Waals surface area contributed by atoms with Crippen LogP contribution in [-0.2, 0) is 16.7 Å². The van der Waals surface area contributed by atoms with Gasteiger partial charge in [0.2, 0.25) is 11.5 Å². The van der Waals surface area contributed by atoms with Crippen LogP contribution in [0.25, 0.3) is 11.0 Å². The van der Waals surface area contributed by atoms with Gasteiger partial charge in [0.15, 0.2) is 28.8 Å². The standard InChI is InChI=1S/C46H52N4O9/c1-54-37-16-15-34(27-38(37)55-2)46(20-24-49(29-46)44(52)33-25-39(56-3)42(58-5)40(26-33)57-4)19-23-48-21-17-31(18-22-48)41(51)43-47-35-9-7-8-10-36(35)50(43)28-30-11-13-32(14-12-30)45(53)59-6/h7-16,25-27,31H,17-24,28-29H2,1-6H3/t46-/m1/s1. The van der Waals surface area contributed by atoms with Gasteiger partial charge in [0.1, 0.15) is 0 Å². The first kappa shape index (κ1) is 41.1. The van der Waals surface area contributed by atoms with Crippen molar-refractivity contribution >= 4 is 28.7 Å². The highest BCUT2D eigenvalue weighted by molar-refractivity contribution is 5.98. The first-order valence-corrected chi connectivity index (χ1v) is 19.9. The topological polar surface area (TPSA) is 131 Å². The van der Waals surface area contributed by atoms with E-state index in [4.69, 9.17) is 33.4 Å². The number of carbonyl (C=O) groups excluding carboxylic acids is 3. The van der Waals surface area contributed by atoms with Crippen LogP contribution < -0.4 is 23.7 Å². The summed E-state index contributed by atoms with van der Waals surface area (Å²) in [5.74, 6) is 2.39. The number of ether oxygens (including phenoxy) is 6. The maximum absolute atomic E-state index is 14.3. The Balaban J connectivity index is 1.07. The molecule has 13 heteroatoms. The molecule has 0 unspecified atom stereocenters. The van der Waals surface area contributed by atoms with Crippen LogP contribution in [-0.4, -0.2) is 112 Å². The number of ketones is 1. The lowest BCUT2D eigenvalue weighted by Gasteiger charge is -2.36. The summed E-state index contributed by atoms with van der Waals surface area (Å²) in [4.78, 5) is 49.6. The molecule has 0 aliphatic carbocycles. The maximum atomic E-state index is 14.3. The summed E-state index contributed by atoms with van der Waals surface area (Å²) in [6.45, 7) is 3.84. The zero-order valence-corrected chi connectivity index (χ0v) is 34.6. The van der Waals surface area contributed by atoms with Crippen molar-refractivity contribution in [3.63, 3.8) is 0 Å². The van der Waals surface area contributed by atoms with Gasteiger partial charge in [0.05, 0.1) is 59.3 Å². The number of likely N-dealkylation sites (tertiary alicyclic amines) is 2. The van der Waals surface area contributed by atoms with E-state index in [-0.39, 0.29) is 23.0 Å². The van der Waals surface area contributed by atoms with Gasteiger partial charge in [-0.25, -0.2) is 9.78 Å². The fourth-order valence-electron chi connectivity index (χ4n) is 8.63. The Morgan fingerprint density at radius 3 is 2.05 bits per heavy atom. The maximum Gasteiger partial charge on any atom is 0.337 e. The number of methoxy groups -OCH3 is 6. The summed E-state index contributed by atoms with van der Waals surface area (Å²) in [7, 11) is 9.23. The Morgan fingerprint density at radius 2 is 1.41 bits per heavy atom. The number of fused-ring (bicyclic) bond motifs is 1. The van der Waals surface area contributed by atoms with E-state index in [0.29, 0.717) is 78.2 Å². The summed E-state index contributed by atoms with van der Waals surface area (Å²) in [6, 6.07) is 24.5. The number of benzene rings is 4. The van der Waals surface area contributed by atoms with E-state index in [9.17, 15) is 14.4 Å². The van der Waals surface area contributed by atoms with Crippen molar-refractivity contribution in [3.8, 4) is 28.7 Å². The number of hydrogen-bond acceptors (Lipinski definition) is 11. The highest BCUT2D eigenvalue weighted by Crippen LogP contribution is 2.43. The Bertz CT molecular complexity index is 2290. The van der Waals surface area contributed by atoms with Gasteiger partial charge in [0, 0.05) is 36.5 Å². The first-order valence-electron chi connectivity index (χ1n) is 19.9. The number of Topliss-reactive ketones (excluding diaryl/α,β-unsaturated/α-hetero) is 1. The predicted molar refractivity (Wildman–Crippen MR) is 223 cm³/mol. The lowest BCUT2D eigenvalue weighted by atomic mass is 9.76. The molecule has 0 N–H and O–H groups in total. The van der Waals surface area contributed by atoms with Crippen LogP contribution in [0.15, 0.2) is 78.9 Å². The lowest BCUT2D eigenvalue weighted by Crippen LogP contribution is -2.41. The Kier molecular flexibility index (Phi) is 12.4. The largest absolute Gasteiger partial charge is 0.493 e. The average molecular weight is 805 g/mol. The van der Waals surface area contributed by atoms with E-state index < -0.39 is 5.97 Å². The molecule has 3 heterocycles. The third-order valence-electron chi connectivity index (χ3n) is 12.0. The Morgan fingerprint density at radius 1 is 0.729 bits per heavy atom. The van der Waals surface area contributed by atoms with E-state index in [0.717, 1.165) is 54.6 Å². The lowest BCUT2D eigenvalue weighted by molar-refractivity contribution is 0.0600. The highest BCUT2D eigenvalue weighted by atomic mass is 16.5. The van der Waals surface area contributed by atoms with Crippen molar-refractivity contribution in [2.24, 2.45) is 5.92 Å². The van der Waals surface area contributed by atoms with Gasteiger partial charge in [-0.05, 0) is 105 Å². The summed E-state index contributed by atoms with van der Waals surface area (Å²) >= 11 is 0. The molecule has 1 atom stereocenters. The minimum absolute atomic E-state index is 0.0468. The molecule has 1 amide bonds. The van der Waals surface area contributed by atoms with Gasteiger partial charge in [-0.15, -0.1) is 0 Å². The van der Waals surface area contributed by atoms with Gasteiger partial charge < -0.3 is 42.8 Å². The molecular weight excluding hydrogens is 753 g/mol. The van der Waals surface area contributed by atoms with Crippen LogP contribution in [0.4, 0.5) is 0 Å². The van der Waals surface area contributed by atoms with Gasteiger partial charge in [0.25, 0.3) is 5.91 Å². The molecule has 0 radical (unpaired) electrons. The molecule has 13 nitrogen and oxygen atoms in total. The van der Waals surface area contributed by atoms with E-state index in [1.165, 1.54) is 28.4 Å². The van der Waals surface area contributed by atoms with Crippen molar-refractivity contribution in [1.29, 1.82) is 0 Å². The number of aromatic nitrogens is 2. The molecule has 1 aromatic heterocycles. The summed E-state index contributed by atoms with van der Waals surface area (Å²) in [5.41, 5.74) is 4.26. The molecule has 4 aromatic carbocycles. The smallest absolute Gasteiger partial charge is 0.337 e. The summed E-state index contributed by atoms with van der Waals surface area (Å²) in [6.07, 6.45) is 2.98. The quantitative estimate of drug-likeness (QED) is 0.0830. The number of piperidine rings is 1. The van der Waals surface area contributed by atoms with Crippen LogP contribution in [0.3, 0.4) is 0 Å². The summed E-state index contributed by atoms with van der Waals surface area (Å²) < 4.78 is 34.8. The fourth-order valence-corrected chi connectivity index (χ4v) is 8.63. The number of para-hydroxylation sites is 2. The van der Waals surface area contributed by atoms with Gasteiger partial charge >= 0.3 is 5.97 Å². The second kappa shape index (κ2) is 17.8. The van der Waals surface area contributed by atoms with E-state index >= 15 is 0 Å². The minimum atomic E-state index is -0.393. The Hall–Kier alpha value is -6.08. The van der Waals surface area contributed by atoms with Crippen LogP contribution in [0.1, 0.15) is 68.1 Å². The van der Waals surface area contributed by atoms with Crippen molar-refractivity contribution in [2.75, 3.05) is 75.4 Å². The number of hydrogen-bond donors (Lipinski definition) is 0. The molecular formula is C46H52N4O9. The van der Waals surface area contributed by atoms with Crippen molar-refractivity contribution < 1.29 is 42.8 Å². The number of esters is 1. The van der Waals surface area contributed by atoms with E-state index in [2.05, 4.69) is 11.0 Å². The molecule has 2 fully saturated rings. The summed E-state index contributed by atoms with van der Waals surface area (Å²) in [5, 5.41) is 0. The molecule has 2 aliphatic rings. The van der Waals surface area contributed by atoms with Gasteiger partial charge in [-0.1, -0.05) is 30.3 Å². The zero-order chi connectivity index (χ0) is 41.7. The monoisotopic (exact) mass is 804 g/mol. The predicted octanol–water partition coefficient (Wildman–Crippen LogP) is 6.68. The molecule has 2 aliphatic heterocycles. The molecule has 7 rings (SSSR count). The van der Waals surface area contributed by atoms with Gasteiger partial charge in [-0.3, -0.25) is 9.59 Å². The molecule has 0 bridgehead atoms. The number of amides is 1. The average Bonchev–Trinajstić information content (AvgIpc) is 3.89. The molecule has 5 aromatic rings. The SMILES string of the molecule is COC(=O)c1ccc(Cn2c(C(=O)C3CCN(CC[C@@]4(c5ccc(OC)c(OC)c5)CCN(C(=O)c5cc(OC)c(OC)c(OC)c5)C4)CC3)nc3ccccc32)cc1. The highest BCUT2D eigenvalue weighted by Gasteiger charge is 2.43. The van der Waals surface area contributed by atoms with Crippen LogP contribution in [0.5, 0.6) is 28.7 Å². The molecule has 0 spiro atoms. The van der Waals surface area contributed by atoms with E-state index in [1.807, 2.05) is 58.0 Å². The normalized spacial score (nSPS) is 17.2.